The Hall–Kier alpha value is -1.02. The molecule has 0 amide bonds. The van der Waals surface area contributed by atoms with E-state index in [4.69, 9.17) is 5.11 Å². The lowest BCUT2D eigenvalue weighted by atomic mass is 9.98. The van der Waals surface area contributed by atoms with Gasteiger partial charge in [-0.1, -0.05) is 12.1 Å². The highest BCUT2D eigenvalue weighted by molar-refractivity contribution is 5.30. The number of rotatable bonds is 1. The van der Waals surface area contributed by atoms with Gasteiger partial charge in [0.05, 0.1) is 0 Å². The normalized spacial score (nSPS) is 22.7. The van der Waals surface area contributed by atoms with Crippen molar-refractivity contribution in [3.05, 3.63) is 29.8 Å². The van der Waals surface area contributed by atoms with Crippen molar-refractivity contribution < 1.29 is 5.11 Å². The molecular weight excluding hydrogens is 138 g/mol. The molecule has 1 fully saturated rings. The molecule has 2 rings (SSSR count). The summed E-state index contributed by atoms with van der Waals surface area (Å²) in [6.07, 6.45) is 1.18. The first-order chi connectivity index (χ1) is 5.36. The zero-order chi connectivity index (χ0) is 7.68. The highest BCUT2D eigenvalue weighted by Gasteiger charge is 2.17. The maximum absolute atomic E-state index is 9.15. The lowest BCUT2D eigenvalue weighted by Crippen LogP contribution is -2.34. The standard InChI is InChI=1S/C9H11NO/c11-8-3-1-2-7(6-8)9-4-5-10-9/h1-3,6,9-11H,4-5H2/t9-/m1/s1. The van der Waals surface area contributed by atoms with E-state index in [1.165, 1.54) is 12.0 Å². The molecule has 0 radical (unpaired) electrons. The van der Waals surface area contributed by atoms with Gasteiger partial charge in [-0.05, 0) is 30.7 Å². The number of benzene rings is 1. The van der Waals surface area contributed by atoms with Gasteiger partial charge in [-0.15, -0.1) is 0 Å². The molecule has 0 spiro atoms. The molecule has 1 aromatic carbocycles. The molecule has 0 aliphatic carbocycles. The molecule has 0 unspecified atom stereocenters. The molecule has 1 heterocycles. The fourth-order valence-corrected chi connectivity index (χ4v) is 1.31. The summed E-state index contributed by atoms with van der Waals surface area (Å²) in [6.45, 7) is 1.10. The van der Waals surface area contributed by atoms with Crippen LogP contribution in [0.15, 0.2) is 24.3 Å². The number of nitrogens with one attached hydrogen (secondary N) is 1. The first kappa shape index (κ1) is 6.68. The van der Waals surface area contributed by atoms with Crippen LogP contribution in [0, 0.1) is 0 Å². The lowest BCUT2D eigenvalue weighted by molar-refractivity contribution is 0.381. The number of hydrogen-bond donors (Lipinski definition) is 2. The van der Waals surface area contributed by atoms with Crippen LogP contribution in [-0.4, -0.2) is 11.7 Å². The third-order valence-electron chi connectivity index (χ3n) is 2.10. The fraction of sp³-hybridized carbons (Fsp3) is 0.333. The third kappa shape index (κ3) is 1.21. The Morgan fingerprint density at radius 1 is 1.45 bits per heavy atom. The number of hydrogen-bond acceptors (Lipinski definition) is 2. The molecule has 2 N–H and O–H groups in total. The molecular formula is C9H11NO. The zero-order valence-corrected chi connectivity index (χ0v) is 6.25. The van der Waals surface area contributed by atoms with Crippen molar-refractivity contribution in [1.29, 1.82) is 0 Å². The largest absolute Gasteiger partial charge is 0.508 e. The Bertz CT molecular complexity index is 255. The third-order valence-corrected chi connectivity index (χ3v) is 2.10. The average Bonchev–Trinajstić information content (AvgIpc) is 1.83. The van der Waals surface area contributed by atoms with Crippen LogP contribution in [-0.2, 0) is 0 Å². The van der Waals surface area contributed by atoms with E-state index in [-0.39, 0.29) is 0 Å². The van der Waals surface area contributed by atoms with Crippen LogP contribution < -0.4 is 5.32 Å². The second kappa shape index (κ2) is 2.55. The van der Waals surface area contributed by atoms with Gasteiger partial charge in [-0.3, -0.25) is 0 Å². The van der Waals surface area contributed by atoms with Crippen LogP contribution in [0.2, 0.25) is 0 Å². The summed E-state index contributed by atoms with van der Waals surface area (Å²) in [6, 6.07) is 7.90. The van der Waals surface area contributed by atoms with Crippen LogP contribution in [0.25, 0.3) is 0 Å². The van der Waals surface area contributed by atoms with E-state index >= 15 is 0 Å². The van der Waals surface area contributed by atoms with Gasteiger partial charge in [-0.25, -0.2) is 0 Å². The average molecular weight is 149 g/mol. The number of phenols is 1. The van der Waals surface area contributed by atoms with E-state index in [9.17, 15) is 0 Å². The summed E-state index contributed by atoms with van der Waals surface area (Å²) in [5.74, 6) is 0.358. The molecule has 2 nitrogen and oxygen atoms in total. The smallest absolute Gasteiger partial charge is 0.115 e. The highest BCUT2D eigenvalue weighted by atomic mass is 16.3. The predicted molar refractivity (Wildman–Crippen MR) is 43.5 cm³/mol. The van der Waals surface area contributed by atoms with Gasteiger partial charge >= 0.3 is 0 Å². The number of aromatic hydroxyl groups is 1. The first-order valence-electron chi connectivity index (χ1n) is 3.88. The van der Waals surface area contributed by atoms with Crippen molar-refractivity contribution in [2.24, 2.45) is 0 Å². The van der Waals surface area contributed by atoms with Crippen molar-refractivity contribution in [3.63, 3.8) is 0 Å². The first-order valence-corrected chi connectivity index (χ1v) is 3.88. The van der Waals surface area contributed by atoms with Gasteiger partial charge < -0.3 is 10.4 Å². The summed E-state index contributed by atoms with van der Waals surface area (Å²) in [5.41, 5.74) is 1.19. The molecule has 1 aromatic rings. The topological polar surface area (TPSA) is 32.3 Å². The zero-order valence-electron chi connectivity index (χ0n) is 6.25. The van der Waals surface area contributed by atoms with Crippen molar-refractivity contribution in [3.8, 4) is 5.75 Å². The lowest BCUT2D eigenvalue weighted by Gasteiger charge is -2.27. The maximum atomic E-state index is 9.15. The Morgan fingerprint density at radius 3 is 2.82 bits per heavy atom. The van der Waals surface area contributed by atoms with Gasteiger partial charge in [0.2, 0.25) is 0 Å². The van der Waals surface area contributed by atoms with Crippen molar-refractivity contribution in [1.82, 2.24) is 5.32 Å². The molecule has 1 aliphatic rings. The maximum Gasteiger partial charge on any atom is 0.115 e. The second-order valence-electron chi connectivity index (χ2n) is 2.89. The fourth-order valence-electron chi connectivity index (χ4n) is 1.31. The summed E-state index contributed by atoms with van der Waals surface area (Å²) in [4.78, 5) is 0. The molecule has 1 atom stereocenters. The molecule has 1 saturated heterocycles. The van der Waals surface area contributed by atoms with E-state index in [2.05, 4.69) is 5.32 Å². The van der Waals surface area contributed by atoms with E-state index in [1.807, 2.05) is 18.2 Å². The minimum absolute atomic E-state index is 0.358. The van der Waals surface area contributed by atoms with E-state index in [1.54, 1.807) is 6.07 Å². The van der Waals surface area contributed by atoms with E-state index < -0.39 is 0 Å². The van der Waals surface area contributed by atoms with Crippen molar-refractivity contribution >= 4 is 0 Å². The summed E-state index contributed by atoms with van der Waals surface area (Å²) in [7, 11) is 0. The summed E-state index contributed by atoms with van der Waals surface area (Å²) >= 11 is 0. The molecule has 58 valence electrons. The Morgan fingerprint density at radius 2 is 2.27 bits per heavy atom. The van der Waals surface area contributed by atoms with Crippen LogP contribution >= 0.6 is 0 Å². The number of phenolic OH excluding ortho intramolecular Hbond substituents is 1. The Labute approximate surface area is 65.9 Å². The Balaban J connectivity index is 2.23. The molecule has 2 heteroatoms. The van der Waals surface area contributed by atoms with Crippen molar-refractivity contribution in [2.75, 3.05) is 6.54 Å². The molecule has 1 aliphatic heterocycles. The van der Waals surface area contributed by atoms with Crippen molar-refractivity contribution in [2.45, 2.75) is 12.5 Å². The molecule has 11 heavy (non-hydrogen) atoms. The van der Waals surface area contributed by atoms with Crippen LogP contribution in [0.5, 0.6) is 5.75 Å². The predicted octanol–water partition coefficient (Wildman–Crippen LogP) is 1.43. The summed E-state index contributed by atoms with van der Waals surface area (Å²) in [5, 5.41) is 12.4. The van der Waals surface area contributed by atoms with Gasteiger partial charge in [0.15, 0.2) is 0 Å². The Kier molecular flexibility index (Phi) is 1.55. The minimum atomic E-state index is 0.358. The quantitative estimate of drug-likeness (QED) is 0.633. The van der Waals surface area contributed by atoms with Crippen LogP contribution in [0.4, 0.5) is 0 Å². The van der Waals surface area contributed by atoms with Crippen LogP contribution in [0.1, 0.15) is 18.0 Å². The molecule has 0 bridgehead atoms. The van der Waals surface area contributed by atoms with Gasteiger partial charge in [0, 0.05) is 6.04 Å². The monoisotopic (exact) mass is 149 g/mol. The summed E-state index contributed by atoms with van der Waals surface area (Å²) < 4.78 is 0. The van der Waals surface area contributed by atoms with Gasteiger partial charge in [0.25, 0.3) is 0 Å². The second-order valence-corrected chi connectivity index (χ2v) is 2.89. The van der Waals surface area contributed by atoms with E-state index in [0.717, 1.165) is 6.54 Å². The SMILES string of the molecule is Oc1cccc([C@H]2CCN2)c1. The van der Waals surface area contributed by atoms with Gasteiger partial charge in [-0.2, -0.15) is 0 Å². The van der Waals surface area contributed by atoms with Crippen LogP contribution in [0.3, 0.4) is 0 Å². The van der Waals surface area contributed by atoms with E-state index in [0.29, 0.717) is 11.8 Å². The minimum Gasteiger partial charge on any atom is -0.508 e. The molecule has 0 aromatic heterocycles. The molecule has 0 saturated carbocycles. The van der Waals surface area contributed by atoms with Gasteiger partial charge in [0.1, 0.15) is 5.75 Å². The highest BCUT2D eigenvalue weighted by Crippen LogP contribution is 2.24.